The molecule has 0 radical (unpaired) electrons. The van der Waals surface area contributed by atoms with E-state index in [2.05, 4.69) is 10.7 Å². The van der Waals surface area contributed by atoms with Crippen molar-refractivity contribution in [1.29, 1.82) is 0 Å². The Hall–Kier alpha value is -1.43. The van der Waals surface area contributed by atoms with E-state index in [0.717, 1.165) is 0 Å². The van der Waals surface area contributed by atoms with Crippen molar-refractivity contribution in [2.75, 3.05) is 6.61 Å². The molecule has 10 heavy (non-hydrogen) atoms. The van der Waals surface area contributed by atoms with Crippen LogP contribution < -0.4 is 5.73 Å². The summed E-state index contributed by atoms with van der Waals surface area (Å²) in [7, 11) is 0. The summed E-state index contributed by atoms with van der Waals surface area (Å²) in [6, 6.07) is 0. The Bertz CT molecular complexity index is 184. The highest BCUT2D eigenvalue weighted by Crippen LogP contribution is 1.83. The van der Waals surface area contributed by atoms with Crippen LogP contribution >= 0.6 is 0 Å². The molecule has 0 aromatic heterocycles. The van der Waals surface area contributed by atoms with E-state index >= 15 is 0 Å². The first kappa shape index (κ1) is 8.57. The van der Waals surface area contributed by atoms with E-state index in [4.69, 9.17) is 12.2 Å². The number of esters is 1. The summed E-state index contributed by atoms with van der Waals surface area (Å²) in [6.45, 7) is 1.58. The van der Waals surface area contributed by atoms with Crippen LogP contribution in [0, 0.1) is 12.3 Å². The molecule has 0 amide bonds. The van der Waals surface area contributed by atoms with Gasteiger partial charge in [0.1, 0.15) is 0 Å². The van der Waals surface area contributed by atoms with E-state index in [9.17, 15) is 4.79 Å². The number of rotatable bonds is 2. The molecule has 0 aliphatic rings. The molecule has 0 rings (SSSR count). The summed E-state index contributed by atoms with van der Waals surface area (Å²) in [6.07, 6.45) is 6.01. The van der Waals surface area contributed by atoms with Gasteiger partial charge in [0.2, 0.25) is 0 Å². The van der Waals surface area contributed by atoms with Gasteiger partial charge >= 0.3 is 5.97 Å². The van der Waals surface area contributed by atoms with Gasteiger partial charge in [-0.25, -0.2) is 4.79 Å². The monoisotopic (exact) mass is 139 g/mol. The van der Waals surface area contributed by atoms with E-state index < -0.39 is 5.97 Å². The predicted octanol–water partition coefficient (Wildman–Crippen LogP) is 0.0253. The number of hydrogen-bond donors (Lipinski definition) is 1. The number of nitrogens with two attached hydrogens (primary N) is 1. The van der Waals surface area contributed by atoms with Crippen LogP contribution in [-0.2, 0) is 9.53 Å². The largest absolute Gasteiger partial charge is 0.449 e. The van der Waals surface area contributed by atoms with Gasteiger partial charge in [0.05, 0.1) is 0 Å². The highest BCUT2D eigenvalue weighted by molar-refractivity contribution is 5.82. The second-order valence-corrected chi connectivity index (χ2v) is 1.70. The second kappa shape index (κ2) is 4.45. The fourth-order valence-electron chi connectivity index (χ4n) is 0.340. The van der Waals surface area contributed by atoms with Gasteiger partial charge in [-0.2, -0.15) is 0 Å². The average molecular weight is 139 g/mol. The summed E-state index contributed by atoms with van der Waals surface area (Å²) in [4.78, 5) is 10.5. The normalized spacial score (nSPS) is 10.2. The predicted molar refractivity (Wildman–Crippen MR) is 37.7 cm³/mol. The quantitative estimate of drug-likeness (QED) is 0.333. The fourth-order valence-corrected chi connectivity index (χ4v) is 0.340. The number of carbonyl (C=O) groups excluding carboxylic acids is 1. The minimum absolute atomic E-state index is 0.0113. The van der Waals surface area contributed by atoms with E-state index in [0.29, 0.717) is 5.70 Å². The molecule has 0 unspecified atom stereocenters. The lowest BCUT2D eigenvalue weighted by Crippen LogP contribution is -2.03. The number of ether oxygens (including phenoxy) is 1. The van der Waals surface area contributed by atoms with Crippen LogP contribution in [0.2, 0.25) is 0 Å². The number of carbonyl (C=O) groups is 1. The molecule has 0 aliphatic heterocycles. The molecule has 0 atom stereocenters. The molecule has 3 nitrogen and oxygen atoms in total. The Labute approximate surface area is 59.9 Å². The Balaban J connectivity index is 3.68. The number of terminal acetylenes is 1. The molecule has 0 fully saturated rings. The Morgan fingerprint density at radius 2 is 2.50 bits per heavy atom. The Kier molecular flexibility index (Phi) is 3.81. The summed E-state index contributed by atoms with van der Waals surface area (Å²) in [5, 5.41) is 0. The molecule has 0 aliphatic carbocycles. The molecule has 2 N–H and O–H groups in total. The van der Waals surface area contributed by atoms with Crippen molar-refractivity contribution >= 4 is 5.97 Å². The molecular weight excluding hydrogens is 130 g/mol. The Morgan fingerprint density at radius 3 is 2.90 bits per heavy atom. The van der Waals surface area contributed by atoms with Gasteiger partial charge in [0, 0.05) is 11.8 Å². The van der Waals surface area contributed by atoms with E-state index in [1.54, 1.807) is 6.92 Å². The van der Waals surface area contributed by atoms with Crippen molar-refractivity contribution in [3.63, 3.8) is 0 Å². The van der Waals surface area contributed by atoms with Crippen LogP contribution in [0.3, 0.4) is 0 Å². The topological polar surface area (TPSA) is 52.3 Å². The summed E-state index contributed by atoms with van der Waals surface area (Å²) >= 11 is 0. The third-order valence-electron chi connectivity index (χ3n) is 0.643. The number of allylic oxidation sites excluding steroid dienone is 1. The van der Waals surface area contributed by atoms with E-state index in [-0.39, 0.29) is 6.61 Å². The maximum atomic E-state index is 10.5. The van der Waals surface area contributed by atoms with Gasteiger partial charge in [-0.15, -0.1) is 6.42 Å². The van der Waals surface area contributed by atoms with Crippen molar-refractivity contribution in [3.05, 3.63) is 11.8 Å². The first-order chi connectivity index (χ1) is 4.66. The zero-order valence-corrected chi connectivity index (χ0v) is 5.76. The molecule has 0 aromatic rings. The summed E-state index contributed by atoms with van der Waals surface area (Å²) in [5.74, 6) is 1.66. The Morgan fingerprint density at radius 1 is 1.90 bits per heavy atom. The maximum Gasteiger partial charge on any atom is 0.333 e. The van der Waals surface area contributed by atoms with Gasteiger partial charge in [-0.3, -0.25) is 0 Å². The summed E-state index contributed by atoms with van der Waals surface area (Å²) in [5.41, 5.74) is 5.58. The van der Waals surface area contributed by atoms with Gasteiger partial charge in [-0.1, -0.05) is 5.92 Å². The molecule has 0 spiro atoms. The summed E-state index contributed by atoms with van der Waals surface area (Å²) < 4.78 is 4.47. The van der Waals surface area contributed by atoms with Crippen LogP contribution in [0.5, 0.6) is 0 Å². The van der Waals surface area contributed by atoms with Gasteiger partial charge in [-0.05, 0) is 6.92 Å². The van der Waals surface area contributed by atoms with Crippen molar-refractivity contribution in [2.24, 2.45) is 5.73 Å². The van der Waals surface area contributed by atoms with Crippen LogP contribution in [-0.4, -0.2) is 12.6 Å². The first-order valence-electron chi connectivity index (χ1n) is 2.71. The van der Waals surface area contributed by atoms with Crippen molar-refractivity contribution in [3.8, 4) is 12.3 Å². The standard InChI is InChI=1S/C7H9NO2/c1-3-4-10-7(9)5-6(2)8/h1,5H,4,8H2,2H3/b6-5-. The van der Waals surface area contributed by atoms with Crippen molar-refractivity contribution in [2.45, 2.75) is 6.92 Å². The lowest BCUT2D eigenvalue weighted by molar-refractivity contribution is -0.136. The zero-order chi connectivity index (χ0) is 7.98. The van der Waals surface area contributed by atoms with Crippen molar-refractivity contribution in [1.82, 2.24) is 0 Å². The molecule has 0 heterocycles. The van der Waals surface area contributed by atoms with Gasteiger partial charge in [0.25, 0.3) is 0 Å². The molecule has 0 bridgehead atoms. The highest BCUT2D eigenvalue weighted by atomic mass is 16.5. The molecular formula is C7H9NO2. The minimum atomic E-state index is -0.502. The first-order valence-corrected chi connectivity index (χ1v) is 2.71. The van der Waals surface area contributed by atoms with Crippen molar-refractivity contribution < 1.29 is 9.53 Å². The third kappa shape index (κ3) is 4.72. The lowest BCUT2D eigenvalue weighted by Gasteiger charge is -1.94. The minimum Gasteiger partial charge on any atom is -0.449 e. The van der Waals surface area contributed by atoms with Crippen LogP contribution in [0.25, 0.3) is 0 Å². The molecule has 0 saturated heterocycles. The molecule has 0 saturated carbocycles. The lowest BCUT2D eigenvalue weighted by atomic mass is 10.4. The number of hydrogen-bond acceptors (Lipinski definition) is 3. The van der Waals surface area contributed by atoms with Crippen LogP contribution in [0.15, 0.2) is 11.8 Å². The third-order valence-corrected chi connectivity index (χ3v) is 0.643. The zero-order valence-electron chi connectivity index (χ0n) is 5.76. The fraction of sp³-hybridized carbons (Fsp3) is 0.286. The molecule has 0 aromatic carbocycles. The molecule has 3 heteroatoms. The molecule has 54 valence electrons. The second-order valence-electron chi connectivity index (χ2n) is 1.70. The van der Waals surface area contributed by atoms with E-state index in [1.807, 2.05) is 0 Å². The van der Waals surface area contributed by atoms with Gasteiger partial charge in [0.15, 0.2) is 6.61 Å². The maximum absolute atomic E-state index is 10.5. The smallest absolute Gasteiger partial charge is 0.333 e. The SMILES string of the molecule is C#CCOC(=O)/C=C(/C)N. The van der Waals surface area contributed by atoms with Crippen LogP contribution in [0.1, 0.15) is 6.92 Å². The average Bonchev–Trinajstić information content (AvgIpc) is 1.82. The van der Waals surface area contributed by atoms with E-state index in [1.165, 1.54) is 6.08 Å². The van der Waals surface area contributed by atoms with Gasteiger partial charge < -0.3 is 10.5 Å². The highest BCUT2D eigenvalue weighted by Gasteiger charge is 1.93. The van der Waals surface area contributed by atoms with Crippen LogP contribution in [0.4, 0.5) is 0 Å².